The lowest BCUT2D eigenvalue weighted by Gasteiger charge is -2.16. The third kappa shape index (κ3) is 7.24. The van der Waals surface area contributed by atoms with Gasteiger partial charge in [-0.3, -0.25) is 0 Å². The molecule has 11 heteroatoms. The highest BCUT2D eigenvalue weighted by molar-refractivity contribution is 7.90. The predicted octanol–water partition coefficient (Wildman–Crippen LogP) is 3.74. The average molecular weight is 526 g/mol. The number of esters is 2. The molecule has 0 aromatic heterocycles. The van der Waals surface area contributed by atoms with Gasteiger partial charge < -0.3 is 14.3 Å². The number of sulfone groups is 1. The van der Waals surface area contributed by atoms with Gasteiger partial charge in [0.05, 0.1) is 23.1 Å². The van der Waals surface area contributed by atoms with Crippen LogP contribution in [0, 0.1) is 10.1 Å². The van der Waals surface area contributed by atoms with E-state index >= 15 is 0 Å². The molecule has 0 spiro atoms. The molecule has 0 bridgehead atoms. The highest BCUT2D eigenvalue weighted by Gasteiger charge is 2.22. The van der Waals surface area contributed by atoms with Gasteiger partial charge in [0.25, 0.3) is 5.09 Å². The zero-order valence-electron chi connectivity index (χ0n) is 19.9. The first-order chi connectivity index (χ1) is 17.6. The Morgan fingerprint density at radius 3 is 2.14 bits per heavy atom. The summed E-state index contributed by atoms with van der Waals surface area (Å²) in [5.41, 5.74) is 1.88. The van der Waals surface area contributed by atoms with Crippen molar-refractivity contribution >= 4 is 32.9 Å². The van der Waals surface area contributed by atoms with E-state index in [9.17, 15) is 28.1 Å². The smallest absolute Gasteiger partial charge is 0.338 e. The molecule has 0 saturated heterocycles. The molecule has 0 heterocycles. The Bertz CT molecular complexity index is 1430. The summed E-state index contributed by atoms with van der Waals surface area (Å²) in [4.78, 5) is 40.6. The van der Waals surface area contributed by atoms with Crippen molar-refractivity contribution in [1.29, 1.82) is 0 Å². The van der Waals surface area contributed by atoms with Gasteiger partial charge in [0.2, 0.25) is 0 Å². The quantitative estimate of drug-likeness (QED) is 0.127. The second-order valence-electron chi connectivity index (χ2n) is 7.78. The lowest BCUT2D eigenvalue weighted by atomic mass is 9.95. The summed E-state index contributed by atoms with van der Waals surface area (Å²) in [5.74, 6) is -1.42. The van der Waals surface area contributed by atoms with Crippen molar-refractivity contribution in [3.63, 3.8) is 0 Å². The zero-order chi connectivity index (χ0) is 27.0. The van der Waals surface area contributed by atoms with Crippen molar-refractivity contribution in [3.05, 3.63) is 111 Å². The monoisotopic (exact) mass is 525 g/mol. The normalized spacial score (nSPS) is 11.7. The number of nitrogens with zero attached hydrogens (tertiary/aromatic N) is 1. The first kappa shape index (κ1) is 27.1. The van der Waals surface area contributed by atoms with Crippen LogP contribution in [0.5, 0.6) is 0 Å². The predicted molar refractivity (Wildman–Crippen MR) is 133 cm³/mol. The largest absolute Gasteiger partial charge is 0.465 e. The van der Waals surface area contributed by atoms with Gasteiger partial charge in [-0.15, -0.1) is 10.1 Å². The molecule has 192 valence electrons. The number of ether oxygens (including phenoxy) is 2. The van der Waals surface area contributed by atoms with Crippen LogP contribution in [0.4, 0.5) is 0 Å². The minimum Gasteiger partial charge on any atom is -0.465 e. The van der Waals surface area contributed by atoms with Crippen LogP contribution in [0.3, 0.4) is 0 Å². The third-order valence-electron chi connectivity index (χ3n) is 5.23. The van der Waals surface area contributed by atoms with Crippen LogP contribution in [0.25, 0.3) is 11.1 Å². The summed E-state index contributed by atoms with van der Waals surface area (Å²) in [5, 5.41) is 9.52. The second-order valence-corrected chi connectivity index (χ2v) is 9.80. The van der Waals surface area contributed by atoms with Crippen LogP contribution in [0.15, 0.2) is 83.8 Å². The van der Waals surface area contributed by atoms with Crippen LogP contribution in [-0.2, 0) is 35.5 Å². The Kier molecular flexibility index (Phi) is 8.75. The third-order valence-corrected chi connectivity index (χ3v) is 6.36. The molecule has 0 N–H and O–H groups in total. The van der Waals surface area contributed by atoms with E-state index in [0.29, 0.717) is 22.3 Å². The Hall–Kier alpha value is -4.51. The summed E-state index contributed by atoms with van der Waals surface area (Å²) in [7, 11) is -2.24. The molecule has 37 heavy (non-hydrogen) atoms. The van der Waals surface area contributed by atoms with Crippen LogP contribution >= 0.6 is 0 Å². The van der Waals surface area contributed by atoms with E-state index in [4.69, 9.17) is 9.47 Å². The molecule has 0 fully saturated rings. The van der Waals surface area contributed by atoms with Gasteiger partial charge in [-0.2, -0.15) is 0 Å². The molecule has 0 aliphatic carbocycles. The number of rotatable bonds is 10. The van der Waals surface area contributed by atoms with E-state index in [2.05, 4.69) is 4.84 Å². The summed E-state index contributed by atoms with van der Waals surface area (Å²) in [6, 6.07) is 20.4. The van der Waals surface area contributed by atoms with E-state index in [1.807, 2.05) is 0 Å². The standard InChI is InChI=1S/C26H23NO9S/c1-34-26(29)24(20-8-4-3-5-9-20)23(19-11-13-22(14-12-19)37(2,32)33)17-35-25(28)21-10-6-7-18(15-21)16-36-27(30)31/h3-15H,16-17H2,1-2H3. The molecule has 3 aromatic rings. The molecular weight excluding hydrogens is 502 g/mol. The minimum absolute atomic E-state index is 0.0840. The van der Waals surface area contributed by atoms with Crippen molar-refractivity contribution in [2.75, 3.05) is 20.0 Å². The molecule has 3 rings (SSSR count). The summed E-state index contributed by atoms with van der Waals surface area (Å²) in [6.45, 7) is -0.696. The highest BCUT2D eigenvalue weighted by atomic mass is 32.2. The van der Waals surface area contributed by atoms with Gasteiger partial charge in [0, 0.05) is 11.8 Å². The number of carbonyl (C=O) groups excluding carboxylic acids is 2. The SMILES string of the molecule is COC(=O)C(=C(COC(=O)c1cccc(CO[N+](=O)[O-])c1)c1ccc(S(C)(=O)=O)cc1)c1ccccc1. The zero-order valence-corrected chi connectivity index (χ0v) is 20.8. The number of methoxy groups -OCH3 is 1. The van der Waals surface area contributed by atoms with Crippen molar-refractivity contribution in [2.24, 2.45) is 0 Å². The van der Waals surface area contributed by atoms with Crippen LogP contribution in [-0.4, -0.2) is 45.4 Å². The van der Waals surface area contributed by atoms with Gasteiger partial charge in [0.15, 0.2) is 9.84 Å². The van der Waals surface area contributed by atoms with Gasteiger partial charge in [-0.25, -0.2) is 18.0 Å². The molecule has 10 nitrogen and oxygen atoms in total. The fourth-order valence-corrected chi connectivity index (χ4v) is 4.09. The van der Waals surface area contributed by atoms with Crippen molar-refractivity contribution in [2.45, 2.75) is 11.5 Å². The second kappa shape index (κ2) is 12.0. The molecule has 0 unspecified atom stereocenters. The van der Waals surface area contributed by atoms with E-state index in [-0.39, 0.29) is 29.2 Å². The first-order valence-electron chi connectivity index (χ1n) is 10.8. The number of benzene rings is 3. The Labute approximate surface area is 213 Å². The molecular formula is C26H23NO9S. The first-order valence-corrected chi connectivity index (χ1v) is 12.7. The fourth-order valence-electron chi connectivity index (χ4n) is 3.46. The van der Waals surface area contributed by atoms with Gasteiger partial charge in [-0.05, 0) is 41.0 Å². The Balaban J connectivity index is 2.01. The summed E-state index contributed by atoms with van der Waals surface area (Å²) in [6.07, 6.45) is 1.08. The Morgan fingerprint density at radius 2 is 1.54 bits per heavy atom. The molecule has 0 saturated carbocycles. The Morgan fingerprint density at radius 1 is 0.892 bits per heavy atom. The van der Waals surface area contributed by atoms with Crippen LogP contribution in [0.1, 0.15) is 27.0 Å². The molecule has 0 radical (unpaired) electrons. The molecule has 0 aliphatic rings. The number of hydrogen-bond donors (Lipinski definition) is 0. The number of carbonyl (C=O) groups is 2. The van der Waals surface area contributed by atoms with E-state index < -0.39 is 26.9 Å². The fraction of sp³-hybridized carbons (Fsp3) is 0.154. The van der Waals surface area contributed by atoms with Gasteiger partial charge >= 0.3 is 11.9 Å². The van der Waals surface area contributed by atoms with Gasteiger partial charge in [0.1, 0.15) is 13.2 Å². The highest BCUT2D eigenvalue weighted by Crippen LogP contribution is 2.29. The average Bonchev–Trinajstić information content (AvgIpc) is 2.89. The maximum atomic E-state index is 12.9. The summed E-state index contributed by atoms with van der Waals surface area (Å²) < 4.78 is 34.3. The minimum atomic E-state index is -3.46. The number of hydrogen-bond acceptors (Lipinski definition) is 9. The molecule has 0 amide bonds. The molecule has 3 aromatic carbocycles. The van der Waals surface area contributed by atoms with E-state index in [1.165, 1.54) is 49.6 Å². The maximum absolute atomic E-state index is 12.9. The van der Waals surface area contributed by atoms with Crippen LogP contribution in [0.2, 0.25) is 0 Å². The molecule has 0 atom stereocenters. The van der Waals surface area contributed by atoms with Crippen molar-refractivity contribution in [1.82, 2.24) is 0 Å². The van der Waals surface area contributed by atoms with Crippen molar-refractivity contribution in [3.8, 4) is 0 Å². The van der Waals surface area contributed by atoms with E-state index in [0.717, 1.165) is 6.26 Å². The lowest BCUT2D eigenvalue weighted by Crippen LogP contribution is -2.13. The van der Waals surface area contributed by atoms with Gasteiger partial charge in [-0.1, -0.05) is 54.6 Å². The maximum Gasteiger partial charge on any atom is 0.338 e. The summed E-state index contributed by atoms with van der Waals surface area (Å²) >= 11 is 0. The topological polar surface area (TPSA) is 139 Å². The molecule has 0 aliphatic heterocycles. The lowest BCUT2D eigenvalue weighted by molar-refractivity contribution is -0.763. The van der Waals surface area contributed by atoms with Crippen LogP contribution < -0.4 is 0 Å². The van der Waals surface area contributed by atoms with E-state index in [1.54, 1.807) is 36.4 Å². The van der Waals surface area contributed by atoms with Crippen molar-refractivity contribution < 1.29 is 37.4 Å².